The zero-order chi connectivity index (χ0) is 31.4. The molecule has 7 N–H and O–H groups in total. The first kappa shape index (κ1) is 31.9. The van der Waals surface area contributed by atoms with Gasteiger partial charge in [0.1, 0.15) is 5.82 Å². The van der Waals surface area contributed by atoms with Gasteiger partial charge in [0.25, 0.3) is 0 Å². The second kappa shape index (κ2) is 15.4. The van der Waals surface area contributed by atoms with Crippen LogP contribution in [0.5, 0.6) is 0 Å². The summed E-state index contributed by atoms with van der Waals surface area (Å²) in [5.74, 6) is -1.36. The van der Waals surface area contributed by atoms with Crippen LogP contribution in [0, 0.1) is 13.8 Å². The van der Waals surface area contributed by atoms with E-state index in [9.17, 15) is 19.8 Å². The molecule has 14 heteroatoms. The number of carboxylic acid groups (broad SMARTS) is 2. The molecule has 0 bridgehead atoms. The molecule has 224 valence electrons. The van der Waals surface area contributed by atoms with E-state index in [0.717, 1.165) is 23.0 Å². The second-order valence-electron chi connectivity index (χ2n) is 8.96. The molecular weight excluding hydrogens is 554 g/mol. The van der Waals surface area contributed by atoms with Crippen LogP contribution >= 0.6 is 0 Å². The van der Waals surface area contributed by atoms with Gasteiger partial charge in [-0.1, -0.05) is 0 Å². The first-order chi connectivity index (χ1) is 20.6. The van der Waals surface area contributed by atoms with E-state index in [4.69, 9.17) is 5.11 Å². The number of anilines is 5. The number of aryl methyl sites for hydroxylation is 2. The van der Waals surface area contributed by atoms with Gasteiger partial charge in [-0.3, -0.25) is 0 Å². The maximum Gasteiger partial charge on any atom is 0.335 e. The van der Waals surface area contributed by atoms with Crippen molar-refractivity contribution in [3.63, 3.8) is 0 Å². The highest BCUT2D eigenvalue weighted by molar-refractivity contribution is 5.95. The SMILES string of the molecule is CNc1ccc(NC)cc1.Cc1nc(NCCO)nc(Nc2ccc(N=Nc3cc(C(=O)O)cc(C(=O)O)c3)c(C)c2)n1. The third-order valence-electron chi connectivity index (χ3n) is 5.74. The number of aliphatic hydroxyl groups excluding tert-OH is 1. The van der Waals surface area contributed by atoms with Gasteiger partial charge >= 0.3 is 11.9 Å². The maximum atomic E-state index is 11.2. The Morgan fingerprint density at radius 2 is 1.30 bits per heavy atom. The van der Waals surface area contributed by atoms with Crippen LogP contribution < -0.4 is 21.3 Å². The number of benzene rings is 3. The number of rotatable bonds is 11. The predicted molar refractivity (Wildman–Crippen MR) is 165 cm³/mol. The fraction of sp³-hybridized carbons (Fsp3) is 0.207. The molecular formula is C29H33N9O5. The maximum absolute atomic E-state index is 11.2. The molecule has 4 rings (SSSR count). The van der Waals surface area contributed by atoms with Gasteiger partial charge in [0.05, 0.1) is 29.1 Å². The Morgan fingerprint density at radius 3 is 1.81 bits per heavy atom. The summed E-state index contributed by atoms with van der Waals surface area (Å²) in [5.41, 5.74) is 3.94. The molecule has 0 unspecified atom stereocenters. The van der Waals surface area contributed by atoms with Gasteiger partial charge in [-0.25, -0.2) is 9.59 Å². The van der Waals surface area contributed by atoms with Gasteiger partial charge in [-0.05, 0) is 80.1 Å². The van der Waals surface area contributed by atoms with Crippen molar-refractivity contribution in [1.29, 1.82) is 0 Å². The Kier molecular flexibility index (Phi) is 11.4. The van der Waals surface area contributed by atoms with E-state index in [0.29, 0.717) is 35.6 Å². The molecule has 43 heavy (non-hydrogen) atoms. The summed E-state index contributed by atoms with van der Waals surface area (Å²) in [6.07, 6.45) is 0. The number of aliphatic hydroxyl groups is 1. The fourth-order valence-electron chi connectivity index (χ4n) is 3.59. The number of nitrogens with zero attached hydrogens (tertiary/aromatic N) is 5. The fourth-order valence-corrected chi connectivity index (χ4v) is 3.59. The molecule has 1 aromatic heterocycles. The number of aromatic carboxylic acids is 2. The first-order valence-electron chi connectivity index (χ1n) is 13.1. The predicted octanol–water partition coefficient (Wildman–Crippen LogP) is 5.22. The van der Waals surface area contributed by atoms with Crippen LogP contribution in [0.25, 0.3) is 0 Å². The number of aromatic nitrogens is 3. The summed E-state index contributed by atoms with van der Waals surface area (Å²) in [6.45, 7) is 3.79. The molecule has 0 radical (unpaired) electrons. The minimum absolute atomic E-state index is 0.0546. The normalized spacial score (nSPS) is 10.4. The summed E-state index contributed by atoms with van der Waals surface area (Å²) in [7, 11) is 3.82. The number of hydrogen-bond donors (Lipinski definition) is 7. The molecule has 4 aromatic rings. The van der Waals surface area contributed by atoms with Gasteiger partial charge in [-0.15, -0.1) is 0 Å². The zero-order valence-corrected chi connectivity index (χ0v) is 24.1. The lowest BCUT2D eigenvalue weighted by Gasteiger charge is -2.09. The van der Waals surface area contributed by atoms with Crippen molar-refractivity contribution in [2.24, 2.45) is 10.2 Å². The largest absolute Gasteiger partial charge is 0.478 e. The third-order valence-corrected chi connectivity index (χ3v) is 5.74. The van der Waals surface area contributed by atoms with E-state index in [1.807, 2.05) is 45.3 Å². The van der Waals surface area contributed by atoms with E-state index in [1.165, 1.54) is 12.1 Å². The average Bonchev–Trinajstić information content (AvgIpc) is 2.99. The van der Waals surface area contributed by atoms with Crippen LogP contribution in [0.3, 0.4) is 0 Å². The van der Waals surface area contributed by atoms with E-state index < -0.39 is 11.9 Å². The monoisotopic (exact) mass is 587 g/mol. The highest BCUT2D eigenvalue weighted by atomic mass is 16.4. The van der Waals surface area contributed by atoms with Gasteiger partial charge < -0.3 is 36.6 Å². The molecule has 0 amide bonds. The smallest absolute Gasteiger partial charge is 0.335 e. The summed E-state index contributed by atoms with van der Waals surface area (Å²) in [5, 5.41) is 47.5. The van der Waals surface area contributed by atoms with Gasteiger partial charge in [0.2, 0.25) is 11.9 Å². The Balaban J connectivity index is 0.000000428. The summed E-state index contributed by atoms with van der Waals surface area (Å²) in [4.78, 5) is 35.1. The number of carboxylic acids is 2. The van der Waals surface area contributed by atoms with Crippen molar-refractivity contribution in [2.45, 2.75) is 13.8 Å². The molecule has 0 atom stereocenters. The number of azo groups is 1. The van der Waals surface area contributed by atoms with Crippen LogP contribution in [-0.4, -0.2) is 69.5 Å². The first-order valence-corrected chi connectivity index (χ1v) is 13.1. The zero-order valence-electron chi connectivity index (χ0n) is 24.1. The van der Waals surface area contributed by atoms with Crippen LogP contribution in [0.2, 0.25) is 0 Å². The van der Waals surface area contributed by atoms with E-state index >= 15 is 0 Å². The van der Waals surface area contributed by atoms with Crippen LogP contribution in [0.1, 0.15) is 32.1 Å². The number of carbonyl (C=O) groups is 2. The summed E-state index contributed by atoms with van der Waals surface area (Å²) >= 11 is 0. The van der Waals surface area contributed by atoms with Crippen molar-refractivity contribution in [3.8, 4) is 0 Å². The molecule has 0 aliphatic heterocycles. The molecule has 3 aromatic carbocycles. The Labute approximate surface area is 248 Å². The Hall–Kier alpha value is -5.63. The molecule has 0 saturated carbocycles. The van der Waals surface area contributed by atoms with Gasteiger partial charge in [-0.2, -0.15) is 25.2 Å². The van der Waals surface area contributed by atoms with Crippen molar-refractivity contribution in [2.75, 3.05) is 48.5 Å². The van der Waals surface area contributed by atoms with E-state index in [-0.39, 0.29) is 23.4 Å². The number of nitrogens with one attached hydrogen (secondary N) is 4. The minimum Gasteiger partial charge on any atom is -0.478 e. The van der Waals surface area contributed by atoms with Crippen LogP contribution in [0.4, 0.5) is 40.3 Å². The minimum atomic E-state index is -1.26. The lowest BCUT2D eigenvalue weighted by molar-refractivity contribution is 0.0696. The molecule has 0 aliphatic rings. The average molecular weight is 588 g/mol. The Morgan fingerprint density at radius 1 is 0.744 bits per heavy atom. The second-order valence-corrected chi connectivity index (χ2v) is 8.96. The van der Waals surface area contributed by atoms with Crippen molar-refractivity contribution in [3.05, 3.63) is 83.2 Å². The molecule has 1 heterocycles. The van der Waals surface area contributed by atoms with Crippen LogP contribution in [-0.2, 0) is 0 Å². The molecule has 0 fully saturated rings. The lowest BCUT2D eigenvalue weighted by Crippen LogP contribution is -2.11. The van der Waals surface area contributed by atoms with Gasteiger partial charge in [0, 0.05) is 37.7 Å². The molecule has 0 saturated heterocycles. The summed E-state index contributed by atoms with van der Waals surface area (Å²) < 4.78 is 0. The van der Waals surface area contributed by atoms with Crippen molar-refractivity contribution in [1.82, 2.24) is 15.0 Å². The molecule has 14 nitrogen and oxygen atoms in total. The van der Waals surface area contributed by atoms with Crippen molar-refractivity contribution < 1.29 is 24.9 Å². The highest BCUT2D eigenvalue weighted by Crippen LogP contribution is 2.27. The quantitative estimate of drug-likeness (QED) is 0.113. The Bertz CT molecular complexity index is 1540. The molecule has 0 aliphatic carbocycles. The standard InChI is InChI=1S/C21H21N7O5.C8H12N2/c1-11-7-15(25-21-24-12(2)23-20(26-21)22-5-6-29)3-4-17(11)28-27-16-9-13(18(30)31)8-14(10-16)19(32)33;1-9-7-3-5-8(10-2)6-4-7/h3-4,7-10,29H,5-6H2,1-2H3,(H,30,31)(H,32,33)(H2,22,23,24,25,26);3-6,9-10H,1-2H3. The van der Waals surface area contributed by atoms with Gasteiger partial charge in [0.15, 0.2) is 0 Å². The van der Waals surface area contributed by atoms with Crippen LogP contribution in [0.15, 0.2) is 70.9 Å². The number of hydrogen-bond acceptors (Lipinski definition) is 12. The van der Waals surface area contributed by atoms with E-state index in [2.05, 4.69) is 46.4 Å². The third kappa shape index (κ3) is 9.75. The lowest BCUT2D eigenvalue weighted by atomic mass is 10.1. The topological polar surface area (TPSA) is 206 Å². The van der Waals surface area contributed by atoms with Crippen molar-refractivity contribution >= 4 is 52.3 Å². The highest BCUT2D eigenvalue weighted by Gasteiger charge is 2.12. The van der Waals surface area contributed by atoms with E-state index in [1.54, 1.807) is 25.1 Å². The summed E-state index contributed by atoms with van der Waals surface area (Å²) in [6, 6.07) is 16.9. The molecule has 0 spiro atoms.